The molecule has 4 nitrogen and oxygen atoms in total. The van der Waals surface area contributed by atoms with Crippen LogP contribution < -0.4 is 11.1 Å². The largest absolute Gasteiger partial charge is 0.324 e. The predicted octanol–water partition coefficient (Wildman–Crippen LogP) is 1.68. The van der Waals surface area contributed by atoms with Crippen molar-refractivity contribution in [2.24, 2.45) is 5.73 Å². The molecule has 0 saturated heterocycles. The molecule has 0 bridgehead atoms. The Morgan fingerprint density at radius 2 is 2.29 bits per heavy atom. The molecule has 90 valence electrons. The Morgan fingerprint density at radius 1 is 1.65 bits per heavy atom. The number of hydrogen-bond acceptors (Lipinski definition) is 3. The topological polar surface area (TPSA) is 78.9 Å². The average Bonchev–Trinajstić information content (AvgIpc) is 2.33. The van der Waals surface area contributed by atoms with Crippen molar-refractivity contribution in [1.82, 2.24) is 0 Å². The highest BCUT2D eigenvalue weighted by molar-refractivity contribution is 5.95. The number of carbonyl (C=O) groups is 1. The molecule has 1 rings (SSSR count). The van der Waals surface area contributed by atoms with Gasteiger partial charge in [-0.15, -0.1) is 0 Å². The quantitative estimate of drug-likeness (QED) is 0.836. The van der Waals surface area contributed by atoms with Gasteiger partial charge in [0, 0.05) is 11.3 Å². The van der Waals surface area contributed by atoms with Crippen molar-refractivity contribution in [3.05, 3.63) is 29.1 Å². The number of benzene rings is 1. The number of rotatable bonds is 3. The van der Waals surface area contributed by atoms with Crippen LogP contribution in [0, 0.1) is 24.1 Å². The summed E-state index contributed by atoms with van der Waals surface area (Å²) in [6.45, 7) is 3.31. The van der Waals surface area contributed by atoms with E-state index in [4.69, 9.17) is 11.0 Å². The van der Waals surface area contributed by atoms with E-state index in [0.29, 0.717) is 12.0 Å². The second-order valence-electron chi connectivity index (χ2n) is 3.75. The molecule has 0 aliphatic rings. The van der Waals surface area contributed by atoms with E-state index in [0.717, 1.165) is 6.07 Å². The van der Waals surface area contributed by atoms with Crippen LogP contribution >= 0.6 is 0 Å². The van der Waals surface area contributed by atoms with E-state index < -0.39 is 11.9 Å². The molecule has 0 aliphatic heterocycles. The fourth-order valence-corrected chi connectivity index (χ4v) is 1.28. The van der Waals surface area contributed by atoms with Crippen LogP contribution in [0.15, 0.2) is 12.1 Å². The van der Waals surface area contributed by atoms with Crippen LogP contribution in [-0.4, -0.2) is 11.9 Å². The monoisotopic (exact) mass is 235 g/mol. The van der Waals surface area contributed by atoms with Crippen molar-refractivity contribution in [3.8, 4) is 6.07 Å². The molecule has 0 radical (unpaired) electrons. The molecule has 0 aromatic heterocycles. The first-order valence-corrected chi connectivity index (χ1v) is 5.26. The van der Waals surface area contributed by atoms with E-state index in [2.05, 4.69) is 5.32 Å². The summed E-state index contributed by atoms with van der Waals surface area (Å²) in [5, 5.41) is 11.2. The number of nitriles is 1. The van der Waals surface area contributed by atoms with Crippen LogP contribution in [0.3, 0.4) is 0 Å². The molecule has 1 aromatic carbocycles. The highest BCUT2D eigenvalue weighted by Crippen LogP contribution is 2.20. The van der Waals surface area contributed by atoms with Gasteiger partial charge in [-0.2, -0.15) is 5.26 Å². The number of hydrogen-bond donors (Lipinski definition) is 2. The number of nitrogens with zero attached hydrogens (tertiary/aromatic N) is 1. The maximum atomic E-state index is 13.4. The summed E-state index contributed by atoms with van der Waals surface area (Å²) in [4.78, 5) is 11.6. The van der Waals surface area contributed by atoms with Gasteiger partial charge in [-0.3, -0.25) is 4.79 Å². The lowest BCUT2D eigenvalue weighted by Gasteiger charge is -2.12. The Bertz CT molecular complexity index is 479. The summed E-state index contributed by atoms with van der Waals surface area (Å²) in [6, 6.07) is 3.75. The van der Waals surface area contributed by atoms with E-state index >= 15 is 0 Å². The van der Waals surface area contributed by atoms with Crippen molar-refractivity contribution in [3.63, 3.8) is 0 Å². The van der Waals surface area contributed by atoms with Crippen LogP contribution in [0.5, 0.6) is 0 Å². The summed E-state index contributed by atoms with van der Waals surface area (Å²) in [5.41, 5.74) is 6.29. The third kappa shape index (κ3) is 3.02. The first kappa shape index (κ1) is 13.1. The zero-order valence-electron chi connectivity index (χ0n) is 9.75. The lowest BCUT2D eigenvalue weighted by Crippen LogP contribution is -2.35. The number of nitrogens with one attached hydrogen (secondary N) is 1. The standard InChI is InChI=1S/C12H14FN3O/c1-3-10(15)12(17)16-11-5-8(6-14)4-9(13)7(11)2/h4-5,10H,3,15H2,1-2H3,(H,16,17)/t10-/m0/s1. The van der Waals surface area contributed by atoms with Crippen molar-refractivity contribution < 1.29 is 9.18 Å². The molecule has 0 saturated carbocycles. The number of anilines is 1. The second-order valence-corrected chi connectivity index (χ2v) is 3.75. The fraction of sp³-hybridized carbons (Fsp3) is 0.333. The highest BCUT2D eigenvalue weighted by atomic mass is 19.1. The van der Waals surface area contributed by atoms with E-state index in [1.807, 2.05) is 6.07 Å². The first-order chi connectivity index (χ1) is 7.99. The van der Waals surface area contributed by atoms with Crippen molar-refractivity contribution in [2.75, 3.05) is 5.32 Å². The van der Waals surface area contributed by atoms with Gasteiger partial charge in [-0.25, -0.2) is 4.39 Å². The van der Waals surface area contributed by atoms with Crippen LogP contribution in [0.1, 0.15) is 24.5 Å². The Balaban J connectivity index is 3.03. The minimum atomic E-state index is -0.636. The zero-order valence-corrected chi connectivity index (χ0v) is 9.75. The molecule has 3 N–H and O–H groups in total. The third-order valence-corrected chi connectivity index (χ3v) is 2.51. The van der Waals surface area contributed by atoms with Gasteiger partial charge in [-0.1, -0.05) is 6.92 Å². The van der Waals surface area contributed by atoms with E-state index in [1.54, 1.807) is 6.92 Å². The number of amides is 1. The molecule has 0 heterocycles. The second kappa shape index (κ2) is 5.41. The van der Waals surface area contributed by atoms with E-state index in [1.165, 1.54) is 13.0 Å². The lowest BCUT2D eigenvalue weighted by atomic mass is 10.1. The van der Waals surface area contributed by atoms with Crippen molar-refractivity contribution in [1.29, 1.82) is 5.26 Å². The van der Waals surface area contributed by atoms with E-state index in [9.17, 15) is 9.18 Å². The van der Waals surface area contributed by atoms with Gasteiger partial charge in [0.1, 0.15) is 5.82 Å². The molecule has 1 atom stereocenters. The van der Waals surface area contributed by atoms with Gasteiger partial charge >= 0.3 is 0 Å². The summed E-state index contributed by atoms with van der Waals surface area (Å²) >= 11 is 0. The normalized spacial score (nSPS) is 11.7. The first-order valence-electron chi connectivity index (χ1n) is 5.26. The summed E-state index contributed by atoms with van der Waals surface area (Å²) in [5.74, 6) is -0.908. The molecule has 5 heteroatoms. The molecule has 0 fully saturated rings. The van der Waals surface area contributed by atoms with Gasteiger partial charge < -0.3 is 11.1 Å². The molecule has 0 unspecified atom stereocenters. The molecule has 1 aromatic rings. The molecule has 1 amide bonds. The van der Waals surface area contributed by atoms with Gasteiger partial charge in [0.25, 0.3) is 0 Å². The predicted molar refractivity (Wildman–Crippen MR) is 62.7 cm³/mol. The van der Waals surface area contributed by atoms with Crippen LogP contribution in [0.4, 0.5) is 10.1 Å². The van der Waals surface area contributed by atoms with Gasteiger partial charge in [0.15, 0.2) is 0 Å². The zero-order chi connectivity index (χ0) is 13.0. The lowest BCUT2D eigenvalue weighted by molar-refractivity contribution is -0.117. The fourth-order valence-electron chi connectivity index (χ4n) is 1.28. The Hall–Kier alpha value is -1.93. The minimum Gasteiger partial charge on any atom is -0.324 e. The van der Waals surface area contributed by atoms with Crippen LogP contribution in [0.25, 0.3) is 0 Å². The molecule has 17 heavy (non-hydrogen) atoms. The summed E-state index contributed by atoms with van der Waals surface area (Å²) in [7, 11) is 0. The number of nitrogens with two attached hydrogens (primary N) is 1. The molecule has 0 aliphatic carbocycles. The third-order valence-electron chi connectivity index (χ3n) is 2.51. The molecule has 0 spiro atoms. The molecular weight excluding hydrogens is 221 g/mol. The van der Waals surface area contributed by atoms with Gasteiger partial charge in [0.05, 0.1) is 17.7 Å². The van der Waals surface area contributed by atoms with Gasteiger partial charge in [-0.05, 0) is 25.5 Å². The highest BCUT2D eigenvalue weighted by Gasteiger charge is 2.14. The van der Waals surface area contributed by atoms with Crippen LogP contribution in [-0.2, 0) is 4.79 Å². The summed E-state index contributed by atoms with van der Waals surface area (Å²) in [6.07, 6.45) is 0.491. The Labute approximate surface area is 99.2 Å². The van der Waals surface area contributed by atoms with E-state index in [-0.39, 0.29) is 17.2 Å². The van der Waals surface area contributed by atoms with Crippen molar-refractivity contribution in [2.45, 2.75) is 26.3 Å². The summed E-state index contributed by atoms with van der Waals surface area (Å²) < 4.78 is 13.4. The number of halogens is 1. The van der Waals surface area contributed by atoms with Crippen molar-refractivity contribution >= 4 is 11.6 Å². The molecular formula is C12H14FN3O. The maximum Gasteiger partial charge on any atom is 0.241 e. The Kier molecular flexibility index (Phi) is 4.18. The SMILES string of the molecule is CC[C@H](N)C(=O)Nc1cc(C#N)cc(F)c1C. The average molecular weight is 235 g/mol. The number of carbonyl (C=O) groups excluding carboxylic acids is 1. The van der Waals surface area contributed by atoms with Gasteiger partial charge in [0.2, 0.25) is 5.91 Å². The smallest absolute Gasteiger partial charge is 0.241 e. The minimum absolute atomic E-state index is 0.161. The maximum absolute atomic E-state index is 13.4. The van der Waals surface area contributed by atoms with Crippen LogP contribution in [0.2, 0.25) is 0 Å². The Morgan fingerprint density at radius 3 is 2.82 bits per heavy atom.